The van der Waals surface area contributed by atoms with Gasteiger partial charge in [-0.1, -0.05) is 31.2 Å². The molecule has 0 saturated heterocycles. The summed E-state index contributed by atoms with van der Waals surface area (Å²) in [5.74, 6) is -0.185. The maximum atomic E-state index is 12.2. The largest absolute Gasteiger partial charge is 0.377 e. The number of aromatic amines is 1. The summed E-state index contributed by atoms with van der Waals surface area (Å²) in [5, 5.41) is 1.56. The van der Waals surface area contributed by atoms with Crippen LogP contribution in [0.25, 0.3) is 0 Å². The van der Waals surface area contributed by atoms with Crippen molar-refractivity contribution in [2.75, 3.05) is 6.26 Å². The molecular weight excluding hydrogens is 292 g/mol. The molecule has 0 amide bonds. The Morgan fingerprint density at radius 3 is 2.67 bits per heavy atom. The summed E-state index contributed by atoms with van der Waals surface area (Å²) in [7, 11) is -3.28. The maximum Gasteiger partial charge on any atom is 0.377 e. The fourth-order valence-electron chi connectivity index (χ4n) is 3.25. The minimum atomic E-state index is -3.28. The van der Waals surface area contributed by atoms with Crippen LogP contribution in [0.5, 0.6) is 0 Å². The Morgan fingerprint density at radius 1 is 1.33 bits per heavy atom. The van der Waals surface area contributed by atoms with Gasteiger partial charge in [0.15, 0.2) is 9.84 Å². The van der Waals surface area contributed by atoms with Crippen molar-refractivity contribution >= 4 is 9.84 Å². The zero-order valence-corrected chi connectivity index (χ0v) is 12.6. The molecule has 1 aliphatic carbocycles. The molecule has 0 radical (unpaired) electrons. The van der Waals surface area contributed by atoms with Gasteiger partial charge in [0.05, 0.1) is 5.25 Å². The minimum absolute atomic E-state index is 0.221. The molecule has 0 fully saturated rings. The van der Waals surface area contributed by atoms with Crippen LogP contribution in [-0.4, -0.2) is 24.8 Å². The van der Waals surface area contributed by atoms with Crippen LogP contribution in [0.4, 0.5) is 0 Å². The van der Waals surface area contributed by atoms with Crippen molar-refractivity contribution in [3.8, 4) is 0 Å². The topological polar surface area (TPSA) is 93.0 Å². The van der Waals surface area contributed by atoms with E-state index in [-0.39, 0.29) is 17.7 Å². The second kappa shape index (κ2) is 4.84. The van der Waals surface area contributed by atoms with Gasteiger partial charge in [-0.15, -0.1) is 0 Å². The molecule has 1 aromatic carbocycles. The summed E-state index contributed by atoms with van der Waals surface area (Å²) in [4.78, 5) is 15.0. The standard InChI is InChI=1S/C14H16N2O4S/c1-8-11(13-15-14(17)16-20-13)7-9-5-3-4-6-10(9)12(8)21(2,18)19/h3-6,8,11-12H,7H2,1-2H3,(H,16,17)/t8-,11-,12?/m1/s1. The van der Waals surface area contributed by atoms with Gasteiger partial charge in [0.1, 0.15) is 0 Å². The lowest BCUT2D eigenvalue weighted by Crippen LogP contribution is -2.31. The Hall–Kier alpha value is -1.89. The Morgan fingerprint density at radius 2 is 2.05 bits per heavy atom. The number of nitrogens with one attached hydrogen (secondary N) is 1. The minimum Gasteiger partial charge on any atom is -0.362 e. The van der Waals surface area contributed by atoms with Crippen molar-refractivity contribution in [3.05, 3.63) is 51.8 Å². The normalized spacial score (nSPS) is 25.5. The lowest BCUT2D eigenvalue weighted by Gasteiger charge is -2.34. The number of benzene rings is 1. The Labute approximate surface area is 122 Å². The van der Waals surface area contributed by atoms with E-state index in [1.54, 1.807) is 0 Å². The predicted molar refractivity (Wildman–Crippen MR) is 76.8 cm³/mol. The first-order chi connectivity index (χ1) is 9.88. The van der Waals surface area contributed by atoms with Crippen molar-refractivity contribution in [2.24, 2.45) is 5.92 Å². The zero-order chi connectivity index (χ0) is 15.2. The Kier molecular flexibility index (Phi) is 3.24. The third kappa shape index (κ3) is 2.42. The molecule has 0 spiro atoms. The van der Waals surface area contributed by atoms with E-state index in [0.717, 1.165) is 11.1 Å². The molecule has 3 rings (SSSR count). The number of sulfone groups is 1. The molecule has 6 nitrogen and oxygen atoms in total. The van der Waals surface area contributed by atoms with E-state index in [2.05, 4.69) is 10.1 Å². The van der Waals surface area contributed by atoms with Gasteiger partial charge < -0.3 is 4.52 Å². The third-order valence-electron chi connectivity index (χ3n) is 4.15. The maximum absolute atomic E-state index is 12.2. The van der Waals surface area contributed by atoms with Gasteiger partial charge in [-0.25, -0.2) is 13.2 Å². The van der Waals surface area contributed by atoms with Crippen molar-refractivity contribution in [1.29, 1.82) is 0 Å². The fourth-order valence-corrected chi connectivity index (χ4v) is 4.91. The number of H-pyrrole nitrogens is 1. The third-order valence-corrected chi connectivity index (χ3v) is 5.75. The van der Waals surface area contributed by atoms with Gasteiger partial charge in [-0.3, -0.25) is 0 Å². The number of rotatable bonds is 2. The van der Waals surface area contributed by atoms with E-state index in [9.17, 15) is 13.2 Å². The molecule has 1 heterocycles. The smallest absolute Gasteiger partial charge is 0.362 e. The van der Waals surface area contributed by atoms with Gasteiger partial charge in [0.2, 0.25) is 5.89 Å². The van der Waals surface area contributed by atoms with Crippen LogP contribution in [0.1, 0.15) is 35.1 Å². The first-order valence-electron chi connectivity index (χ1n) is 6.70. The molecule has 1 aromatic heterocycles. The second-order valence-corrected chi connectivity index (χ2v) is 7.74. The van der Waals surface area contributed by atoms with Crippen LogP contribution in [-0.2, 0) is 16.3 Å². The zero-order valence-electron chi connectivity index (χ0n) is 11.7. The van der Waals surface area contributed by atoms with E-state index in [1.165, 1.54) is 6.26 Å². The molecule has 112 valence electrons. The van der Waals surface area contributed by atoms with E-state index < -0.39 is 20.8 Å². The molecule has 2 aromatic rings. The van der Waals surface area contributed by atoms with Gasteiger partial charge in [-0.2, -0.15) is 10.1 Å². The van der Waals surface area contributed by atoms with Crippen molar-refractivity contribution in [3.63, 3.8) is 0 Å². The molecule has 1 unspecified atom stereocenters. The van der Waals surface area contributed by atoms with E-state index in [4.69, 9.17) is 4.52 Å². The fraction of sp³-hybridized carbons (Fsp3) is 0.429. The molecule has 7 heteroatoms. The summed E-state index contributed by atoms with van der Waals surface area (Å²) in [5.41, 5.74) is 1.25. The number of fused-ring (bicyclic) bond motifs is 1. The van der Waals surface area contributed by atoms with Crippen LogP contribution < -0.4 is 5.69 Å². The summed E-state index contributed by atoms with van der Waals surface area (Å²) in [6.07, 6.45) is 1.85. The molecule has 3 atom stereocenters. The highest BCUT2D eigenvalue weighted by atomic mass is 32.2. The predicted octanol–water partition coefficient (Wildman–Crippen LogP) is 1.42. The number of hydrogen-bond acceptors (Lipinski definition) is 5. The number of nitrogens with zero attached hydrogens (tertiary/aromatic N) is 1. The lowest BCUT2D eigenvalue weighted by atomic mass is 9.76. The Bertz CT molecular complexity index is 821. The highest BCUT2D eigenvalue weighted by molar-refractivity contribution is 7.90. The average Bonchev–Trinajstić information content (AvgIpc) is 2.83. The van der Waals surface area contributed by atoms with Crippen molar-refractivity contribution in [2.45, 2.75) is 24.5 Å². The molecule has 1 N–H and O–H groups in total. The van der Waals surface area contributed by atoms with E-state index >= 15 is 0 Å². The molecule has 0 aliphatic heterocycles. The summed E-state index contributed by atoms with van der Waals surface area (Å²) < 4.78 is 29.5. The van der Waals surface area contributed by atoms with Crippen LogP contribution in [0, 0.1) is 5.92 Å². The SMILES string of the molecule is C[C@H]1C(S(C)(=O)=O)c2ccccc2C[C@H]1c1nc(=O)[nH]o1. The first-order valence-corrected chi connectivity index (χ1v) is 8.65. The lowest BCUT2D eigenvalue weighted by molar-refractivity contribution is 0.294. The quantitative estimate of drug-likeness (QED) is 0.905. The van der Waals surface area contributed by atoms with Crippen LogP contribution in [0.2, 0.25) is 0 Å². The summed E-state index contributed by atoms with van der Waals surface area (Å²) in [6.45, 7) is 1.86. The van der Waals surface area contributed by atoms with E-state index in [0.29, 0.717) is 6.42 Å². The van der Waals surface area contributed by atoms with Crippen molar-refractivity contribution < 1.29 is 12.9 Å². The van der Waals surface area contributed by atoms with E-state index in [1.807, 2.05) is 31.2 Å². The monoisotopic (exact) mass is 308 g/mol. The second-order valence-electron chi connectivity index (χ2n) is 5.58. The summed E-state index contributed by atoms with van der Waals surface area (Å²) >= 11 is 0. The molecule has 0 bridgehead atoms. The molecule has 0 saturated carbocycles. The molecule has 1 aliphatic rings. The first kappa shape index (κ1) is 14.1. The summed E-state index contributed by atoms with van der Waals surface area (Å²) in [6, 6.07) is 7.50. The Balaban J connectivity index is 2.14. The highest BCUT2D eigenvalue weighted by Crippen LogP contribution is 2.45. The number of aromatic nitrogens is 2. The van der Waals surface area contributed by atoms with Crippen LogP contribution in [0.3, 0.4) is 0 Å². The van der Waals surface area contributed by atoms with Gasteiger partial charge >= 0.3 is 5.69 Å². The van der Waals surface area contributed by atoms with Crippen LogP contribution >= 0.6 is 0 Å². The van der Waals surface area contributed by atoms with Gasteiger partial charge in [-0.05, 0) is 23.5 Å². The molecule has 21 heavy (non-hydrogen) atoms. The van der Waals surface area contributed by atoms with Gasteiger partial charge in [0.25, 0.3) is 0 Å². The number of hydrogen-bond donors (Lipinski definition) is 1. The van der Waals surface area contributed by atoms with Crippen molar-refractivity contribution in [1.82, 2.24) is 10.1 Å². The molecular formula is C14H16N2O4S. The van der Waals surface area contributed by atoms with Gasteiger partial charge in [0, 0.05) is 12.2 Å². The van der Waals surface area contributed by atoms with Crippen LogP contribution in [0.15, 0.2) is 33.6 Å². The highest BCUT2D eigenvalue weighted by Gasteiger charge is 2.42. The average molecular weight is 308 g/mol.